The second-order valence-electron chi connectivity index (χ2n) is 6.20. The summed E-state index contributed by atoms with van der Waals surface area (Å²) in [5.41, 5.74) is 5.72. The Labute approximate surface area is 140 Å². The third kappa shape index (κ3) is 1.86. The van der Waals surface area contributed by atoms with Crippen LogP contribution in [0.25, 0.3) is 44.0 Å². The van der Waals surface area contributed by atoms with E-state index in [2.05, 4.69) is 78.3 Å². The zero-order valence-corrected chi connectivity index (χ0v) is 13.4. The van der Waals surface area contributed by atoms with Crippen LogP contribution in [0.15, 0.2) is 78.9 Å². The average molecular weight is 308 g/mol. The lowest BCUT2D eigenvalue weighted by molar-refractivity contribution is 1.01. The monoisotopic (exact) mass is 308 g/mol. The highest BCUT2D eigenvalue weighted by Crippen LogP contribution is 2.31. The number of fused-ring (bicyclic) bond motifs is 4. The highest BCUT2D eigenvalue weighted by molar-refractivity contribution is 6.09. The standard InChI is InChI=1S/C22H16N2/c1-24-21-9-5-3-7-17(21)18-14-16(11-13-22(18)24)20-12-10-15-6-2-4-8-19(15)23-20/h2-14H,1H3. The molecule has 0 aliphatic carbocycles. The van der Waals surface area contributed by atoms with Crippen LogP contribution in [-0.2, 0) is 7.05 Å². The fourth-order valence-electron chi connectivity index (χ4n) is 3.55. The molecule has 0 amide bonds. The highest BCUT2D eigenvalue weighted by atomic mass is 14.9. The normalized spacial score (nSPS) is 11.5. The van der Waals surface area contributed by atoms with E-state index in [1.165, 1.54) is 27.2 Å². The fourth-order valence-corrected chi connectivity index (χ4v) is 3.55. The van der Waals surface area contributed by atoms with Crippen molar-refractivity contribution in [1.29, 1.82) is 0 Å². The first kappa shape index (κ1) is 13.3. The first-order valence-electron chi connectivity index (χ1n) is 8.15. The smallest absolute Gasteiger partial charge is 0.0709 e. The summed E-state index contributed by atoms with van der Waals surface area (Å²) in [5.74, 6) is 0. The van der Waals surface area contributed by atoms with Gasteiger partial charge in [0.2, 0.25) is 0 Å². The quantitative estimate of drug-likeness (QED) is 0.397. The minimum absolute atomic E-state index is 1.02. The molecule has 2 heterocycles. The van der Waals surface area contributed by atoms with Crippen LogP contribution in [0, 0.1) is 0 Å². The van der Waals surface area contributed by atoms with Crippen molar-refractivity contribution in [3.8, 4) is 11.3 Å². The molecular weight excluding hydrogens is 292 g/mol. The van der Waals surface area contributed by atoms with Crippen molar-refractivity contribution in [2.45, 2.75) is 0 Å². The molecule has 5 aromatic rings. The van der Waals surface area contributed by atoms with E-state index in [4.69, 9.17) is 4.98 Å². The molecule has 0 spiro atoms. The summed E-state index contributed by atoms with van der Waals surface area (Å²) in [5, 5.41) is 3.74. The van der Waals surface area contributed by atoms with Crippen LogP contribution in [0.1, 0.15) is 0 Å². The molecule has 2 aromatic heterocycles. The van der Waals surface area contributed by atoms with Crippen LogP contribution >= 0.6 is 0 Å². The molecule has 0 N–H and O–H groups in total. The van der Waals surface area contributed by atoms with Gasteiger partial charge in [0, 0.05) is 39.8 Å². The van der Waals surface area contributed by atoms with Crippen LogP contribution in [0.5, 0.6) is 0 Å². The molecular formula is C22H16N2. The Morgan fingerprint density at radius 1 is 0.708 bits per heavy atom. The number of aryl methyl sites for hydroxylation is 1. The fraction of sp³-hybridized carbons (Fsp3) is 0.0455. The van der Waals surface area contributed by atoms with Gasteiger partial charge in [0.05, 0.1) is 11.2 Å². The molecule has 2 nitrogen and oxygen atoms in total. The molecule has 2 heteroatoms. The Balaban J connectivity index is 1.78. The van der Waals surface area contributed by atoms with E-state index in [0.717, 1.165) is 16.8 Å². The van der Waals surface area contributed by atoms with Crippen molar-refractivity contribution >= 4 is 32.7 Å². The molecule has 0 atom stereocenters. The van der Waals surface area contributed by atoms with Crippen molar-refractivity contribution < 1.29 is 0 Å². The Bertz CT molecular complexity index is 1210. The van der Waals surface area contributed by atoms with E-state index in [0.29, 0.717) is 0 Å². The Hall–Kier alpha value is -3.13. The van der Waals surface area contributed by atoms with Gasteiger partial charge in [0.15, 0.2) is 0 Å². The van der Waals surface area contributed by atoms with Gasteiger partial charge in [-0.1, -0.05) is 48.5 Å². The predicted molar refractivity (Wildman–Crippen MR) is 101 cm³/mol. The predicted octanol–water partition coefficient (Wildman–Crippen LogP) is 5.55. The lowest BCUT2D eigenvalue weighted by Gasteiger charge is -2.04. The second kappa shape index (κ2) is 4.93. The van der Waals surface area contributed by atoms with Crippen molar-refractivity contribution in [3.05, 3.63) is 78.9 Å². The number of benzene rings is 3. The van der Waals surface area contributed by atoms with Gasteiger partial charge in [0.25, 0.3) is 0 Å². The molecule has 5 rings (SSSR count). The Morgan fingerprint density at radius 3 is 2.46 bits per heavy atom. The van der Waals surface area contributed by atoms with Gasteiger partial charge >= 0.3 is 0 Å². The van der Waals surface area contributed by atoms with E-state index >= 15 is 0 Å². The summed E-state index contributed by atoms with van der Waals surface area (Å²) in [6.45, 7) is 0. The summed E-state index contributed by atoms with van der Waals surface area (Å²) in [4.78, 5) is 4.83. The van der Waals surface area contributed by atoms with Gasteiger partial charge in [-0.25, -0.2) is 4.98 Å². The van der Waals surface area contributed by atoms with Crippen LogP contribution in [-0.4, -0.2) is 9.55 Å². The van der Waals surface area contributed by atoms with E-state index in [1.54, 1.807) is 0 Å². The summed E-state index contributed by atoms with van der Waals surface area (Å²) in [6.07, 6.45) is 0. The largest absolute Gasteiger partial charge is 0.344 e. The maximum Gasteiger partial charge on any atom is 0.0709 e. The second-order valence-corrected chi connectivity index (χ2v) is 6.20. The van der Waals surface area contributed by atoms with Crippen molar-refractivity contribution in [2.75, 3.05) is 0 Å². The molecule has 0 aliphatic heterocycles. The zero-order chi connectivity index (χ0) is 16.1. The van der Waals surface area contributed by atoms with Gasteiger partial charge in [-0.2, -0.15) is 0 Å². The SMILES string of the molecule is Cn1c2ccccc2c2cc(-c3ccc4ccccc4n3)ccc21. The highest BCUT2D eigenvalue weighted by Gasteiger charge is 2.09. The zero-order valence-electron chi connectivity index (χ0n) is 13.4. The summed E-state index contributed by atoms with van der Waals surface area (Å²) in [7, 11) is 2.12. The number of hydrogen-bond donors (Lipinski definition) is 0. The Morgan fingerprint density at radius 2 is 1.50 bits per heavy atom. The van der Waals surface area contributed by atoms with E-state index < -0.39 is 0 Å². The van der Waals surface area contributed by atoms with Crippen molar-refractivity contribution in [2.24, 2.45) is 7.05 Å². The molecule has 0 radical (unpaired) electrons. The minimum Gasteiger partial charge on any atom is -0.344 e. The topological polar surface area (TPSA) is 17.8 Å². The molecule has 24 heavy (non-hydrogen) atoms. The molecule has 3 aromatic carbocycles. The first-order chi connectivity index (χ1) is 11.8. The van der Waals surface area contributed by atoms with Crippen LogP contribution < -0.4 is 0 Å². The third-order valence-corrected chi connectivity index (χ3v) is 4.81. The third-order valence-electron chi connectivity index (χ3n) is 4.81. The maximum absolute atomic E-state index is 4.83. The number of pyridine rings is 1. The van der Waals surface area contributed by atoms with Crippen molar-refractivity contribution in [1.82, 2.24) is 9.55 Å². The molecule has 0 aliphatic rings. The number of hydrogen-bond acceptors (Lipinski definition) is 1. The van der Waals surface area contributed by atoms with Gasteiger partial charge in [-0.05, 0) is 30.3 Å². The number of para-hydroxylation sites is 2. The van der Waals surface area contributed by atoms with E-state index in [-0.39, 0.29) is 0 Å². The van der Waals surface area contributed by atoms with Crippen LogP contribution in [0.2, 0.25) is 0 Å². The van der Waals surface area contributed by atoms with Gasteiger partial charge in [-0.3, -0.25) is 0 Å². The number of nitrogens with zero attached hydrogens (tertiary/aromatic N) is 2. The lowest BCUT2D eigenvalue weighted by atomic mass is 10.1. The van der Waals surface area contributed by atoms with E-state index in [1.807, 2.05) is 12.1 Å². The molecule has 0 fully saturated rings. The maximum atomic E-state index is 4.83. The summed E-state index contributed by atoms with van der Waals surface area (Å²) < 4.78 is 2.25. The lowest BCUT2D eigenvalue weighted by Crippen LogP contribution is -1.87. The van der Waals surface area contributed by atoms with E-state index in [9.17, 15) is 0 Å². The summed E-state index contributed by atoms with van der Waals surface area (Å²) >= 11 is 0. The number of rotatable bonds is 1. The first-order valence-corrected chi connectivity index (χ1v) is 8.15. The average Bonchev–Trinajstić information content (AvgIpc) is 2.94. The molecule has 0 saturated carbocycles. The van der Waals surface area contributed by atoms with Gasteiger partial charge < -0.3 is 4.57 Å². The number of aromatic nitrogens is 2. The van der Waals surface area contributed by atoms with Crippen LogP contribution in [0.4, 0.5) is 0 Å². The molecule has 114 valence electrons. The van der Waals surface area contributed by atoms with Crippen molar-refractivity contribution in [3.63, 3.8) is 0 Å². The molecule has 0 saturated heterocycles. The molecule has 0 bridgehead atoms. The Kier molecular flexibility index (Phi) is 2.74. The van der Waals surface area contributed by atoms with Crippen LogP contribution in [0.3, 0.4) is 0 Å². The minimum atomic E-state index is 1.02. The van der Waals surface area contributed by atoms with Gasteiger partial charge in [-0.15, -0.1) is 0 Å². The summed E-state index contributed by atoms with van der Waals surface area (Å²) in [6, 6.07) is 27.7. The molecule has 0 unspecified atom stereocenters. The van der Waals surface area contributed by atoms with Gasteiger partial charge in [0.1, 0.15) is 0 Å².